The molecule has 7 nitrogen and oxygen atoms in total. The van der Waals surface area contributed by atoms with E-state index in [1.807, 2.05) is 6.92 Å². The van der Waals surface area contributed by atoms with Crippen LogP contribution in [0, 0.1) is 0 Å². The minimum atomic E-state index is -3.52. The predicted octanol–water partition coefficient (Wildman–Crippen LogP) is 0.376. The molecule has 0 bridgehead atoms. The van der Waals surface area contributed by atoms with Gasteiger partial charge in [-0.1, -0.05) is 0 Å². The highest BCUT2D eigenvalue weighted by atomic mass is 32.2. The van der Waals surface area contributed by atoms with Crippen molar-refractivity contribution < 1.29 is 8.42 Å². The normalized spacial score (nSPS) is 27.5. The summed E-state index contributed by atoms with van der Waals surface area (Å²) >= 11 is 0. The van der Waals surface area contributed by atoms with Crippen molar-refractivity contribution in [3.63, 3.8) is 0 Å². The largest absolute Gasteiger partial charge is 0.357 e. The number of piperazine rings is 1. The van der Waals surface area contributed by atoms with Crippen LogP contribution < -0.4 is 5.32 Å². The molecular weight excluding hydrogens is 290 g/mol. The number of hydrogen-bond donors (Lipinski definition) is 1. The highest BCUT2D eigenvalue weighted by Gasteiger charge is 2.40. The molecule has 2 aliphatic rings. The lowest BCUT2D eigenvalue weighted by molar-refractivity contribution is 0.117. The molecule has 2 aliphatic heterocycles. The third kappa shape index (κ3) is 2.63. The molecule has 2 atom stereocenters. The number of fused-ring (bicyclic) bond motifs is 1. The molecule has 2 saturated heterocycles. The van der Waals surface area contributed by atoms with Gasteiger partial charge in [0.25, 0.3) is 0 Å². The summed E-state index contributed by atoms with van der Waals surface area (Å²) in [5.41, 5.74) is 0. The summed E-state index contributed by atoms with van der Waals surface area (Å²) in [5, 5.41) is 2.79. The Morgan fingerprint density at radius 3 is 2.67 bits per heavy atom. The standard InChI is InChI=1S/C13H21N5O2S/c1-10-8-17-5-3-4-11(17)9-18(10)21(19,20)12-6-15-13(14-2)16-7-12/h6-7,10-11H,3-5,8-9H2,1-2H3,(H,14,15,16). The van der Waals surface area contributed by atoms with Gasteiger partial charge < -0.3 is 5.32 Å². The fourth-order valence-corrected chi connectivity index (χ4v) is 4.76. The highest BCUT2D eigenvalue weighted by molar-refractivity contribution is 7.89. The van der Waals surface area contributed by atoms with Gasteiger partial charge in [0.15, 0.2) is 0 Å². The molecule has 1 N–H and O–H groups in total. The number of anilines is 1. The molecule has 0 aliphatic carbocycles. The number of sulfonamides is 1. The Morgan fingerprint density at radius 1 is 1.29 bits per heavy atom. The van der Waals surface area contributed by atoms with Crippen molar-refractivity contribution >= 4 is 16.0 Å². The zero-order valence-electron chi connectivity index (χ0n) is 12.4. The van der Waals surface area contributed by atoms with Crippen LogP contribution in [0.25, 0.3) is 0 Å². The second-order valence-electron chi connectivity index (χ2n) is 5.71. The van der Waals surface area contributed by atoms with Gasteiger partial charge in [-0.25, -0.2) is 18.4 Å². The predicted molar refractivity (Wildman–Crippen MR) is 79.5 cm³/mol. The number of nitrogens with zero attached hydrogens (tertiary/aromatic N) is 4. The maximum Gasteiger partial charge on any atom is 0.246 e. The lowest BCUT2D eigenvalue weighted by Crippen LogP contribution is -2.56. The van der Waals surface area contributed by atoms with E-state index in [1.165, 1.54) is 12.4 Å². The highest BCUT2D eigenvalue weighted by Crippen LogP contribution is 2.28. The van der Waals surface area contributed by atoms with Gasteiger partial charge in [-0.3, -0.25) is 4.90 Å². The Kier molecular flexibility index (Phi) is 3.85. The monoisotopic (exact) mass is 311 g/mol. The van der Waals surface area contributed by atoms with Gasteiger partial charge in [0.1, 0.15) is 4.90 Å². The van der Waals surface area contributed by atoms with E-state index in [0.717, 1.165) is 25.9 Å². The molecule has 3 heterocycles. The third-order valence-corrected chi connectivity index (χ3v) is 6.27. The first-order valence-electron chi connectivity index (χ1n) is 7.28. The first kappa shape index (κ1) is 14.7. The molecular formula is C13H21N5O2S. The van der Waals surface area contributed by atoms with E-state index in [4.69, 9.17) is 0 Å². The first-order chi connectivity index (χ1) is 10.0. The summed E-state index contributed by atoms with van der Waals surface area (Å²) in [6, 6.07) is 0.335. The Balaban J connectivity index is 1.86. The van der Waals surface area contributed by atoms with Gasteiger partial charge in [-0.15, -0.1) is 0 Å². The minimum absolute atomic E-state index is 0.0201. The summed E-state index contributed by atoms with van der Waals surface area (Å²) in [5.74, 6) is 0.419. The van der Waals surface area contributed by atoms with E-state index in [-0.39, 0.29) is 10.9 Å². The van der Waals surface area contributed by atoms with Gasteiger partial charge in [0.2, 0.25) is 16.0 Å². The molecule has 21 heavy (non-hydrogen) atoms. The van der Waals surface area contributed by atoms with E-state index in [9.17, 15) is 8.42 Å². The van der Waals surface area contributed by atoms with E-state index < -0.39 is 10.0 Å². The van der Waals surface area contributed by atoms with E-state index in [2.05, 4.69) is 20.2 Å². The number of rotatable bonds is 3. The van der Waals surface area contributed by atoms with Gasteiger partial charge in [0, 0.05) is 32.2 Å². The third-order valence-electron chi connectivity index (χ3n) is 4.34. The Bertz CT molecular complexity index is 603. The zero-order chi connectivity index (χ0) is 15.0. The Labute approximate surface area is 125 Å². The van der Waals surface area contributed by atoms with Crippen LogP contribution in [0.2, 0.25) is 0 Å². The van der Waals surface area contributed by atoms with Gasteiger partial charge in [-0.05, 0) is 26.3 Å². The summed E-state index contributed by atoms with van der Waals surface area (Å²) in [7, 11) is -1.82. The first-order valence-corrected chi connectivity index (χ1v) is 8.72. The maximum absolute atomic E-state index is 12.8. The molecule has 2 fully saturated rings. The van der Waals surface area contributed by atoms with Crippen molar-refractivity contribution in [2.75, 3.05) is 32.0 Å². The van der Waals surface area contributed by atoms with Gasteiger partial charge in [-0.2, -0.15) is 4.31 Å². The van der Waals surface area contributed by atoms with Crippen molar-refractivity contribution in [1.29, 1.82) is 0 Å². The summed E-state index contributed by atoms with van der Waals surface area (Å²) in [6.45, 7) is 4.43. The molecule has 2 unspecified atom stereocenters. The lowest BCUT2D eigenvalue weighted by atomic mass is 10.1. The van der Waals surface area contributed by atoms with Crippen LogP contribution in [0.1, 0.15) is 19.8 Å². The maximum atomic E-state index is 12.8. The molecule has 0 radical (unpaired) electrons. The van der Waals surface area contributed by atoms with Crippen molar-refractivity contribution in [3.8, 4) is 0 Å². The Morgan fingerprint density at radius 2 is 2.00 bits per heavy atom. The minimum Gasteiger partial charge on any atom is -0.357 e. The average molecular weight is 311 g/mol. The summed E-state index contributed by atoms with van der Waals surface area (Å²) in [6.07, 6.45) is 4.99. The zero-order valence-corrected chi connectivity index (χ0v) is 13.2. The SMILES string of the molecule is CNc1ncc(S(=O)(=O)N2CC3CCCN3CC2C)cn1. The van der Waals surface area contributed by atoms with Crippen molar-refractivity contribution in [3.05, 3.63) is 12.4 Å². The molecule has 116 valence electrons. The average Bonchev–Trinajstić information content (AvgIpc) is 2.93. The van der Waals surface area contributed by atoms with Gasteiger partial charge in [0.05, 0.1) is 12.4 Å². The van der Waals surface area contributed by atoms with E-state index >= 15 is 0 Å². The quantitative estimate of drug-likeness (QED) is 0.869. The van der Waals surface area contributed by atoms with Crippen LogP contribution in [0.15, 0.2) is 17.3 Å². The second kappa shape index (κ2) is 5.51. The number of nitrogens with one attached hydrogen (secondary N) is 1. The van der Waals surface area contributed by atoms with E-state index in [1.54, 1.807) is 11.4 Å². The van der Waals surface area contributed by atoms with Crippen LogP contribution in [0.5, 0.6) is 0 Å². The molecule has 0 saturated carbocycles. The fourth-order valence-electron chi connectivity index (χ4n) is 3.21. The van der Waals surface area contributed by atoms with Crippen LogP contribution in [0.4, 0.5) is 5.95 Å². The van der Waals surface area contributed by atoms with Crippen LogP contribution in [-0.2, 0) is 10.0 Å². The van der Waals surface area contributed by atoms with Crippen LogP contribution >= 0.6 is 0 Å². The molecule has 0 aromatic carbocycles. The molecule has 1 aromatic heterocycles. The van der Waals surface area contributed by atoms with E-state index in [0.29, 0.717) is 18.5 Å². The summed E-state index contributed by atoms with van der Waals surface area (Å²) in [4.78, 5) is 10.6. The fraction of sp³-hybridized carbons (Fsp3) is 0.692. The van der Waals surface area contributed by atoms with Crippen LogP contribution in [-0.4, -0.2) is 66.4 Å². The second-order valence-corrected chi connectivity index (χ2v) is 7.60. The molecule has 0 amide bonds. The summed E-state index contributed by atoms with van der Waals surface area (Å²) < 4.78 is 27.2. The Hall–Kier alpha value is -1.25. The van der Waals surface area contributed by atoms with Crippen LogP contribution in [0.3, 0.4) is 0 Å². The lowest BCUT2D eigenvalue weighted by Gasteiger charge is -2.41. The van der Waals surface area contributed by atoms with Gasteiger partial charge >= 0.3 is 0 Å². The van der Waals surface area contributed by atoms with Crippen molar-refractivity contribution in [2.45, 2.75) is 36.7 Å². The molecule has 1 aromatic rings. The molecule has 3 rings (SSSR count). The molecule has 8 heteroatoms. The number of aromatic nitrogens is 2. The van der Waals surface area contributed by atoms with Crippen molar-refractivity contribution in [2.24, 2.45) is 0 Å². The van der Waals surface area contributed by atoms with Crippen molar-refractivity contribution in [1.82, 2.24) is 19.2 Å². The topological polar surface area (TPSA) is 78.4 Å². The number of hydrogen-bond acceptors (Lipinski definition) is 6. The molecule has 0 spiro atoms. The smallest absolute Gasteiger partial charge is 0.246 e.